The number of hydrogen-bond donors (Lipinski definition) is 4. The van der Waals surface area contributed by atoms with E-state index < -0.39 is 5.91 Å². The average Bonchev–Trinajstić information content (AvgIpc) is 2.98. The van der Waals surface area contributed by atoms with Crippen molar-refractivity contribution < 1.29 is 14.3 Å². The van der Waals surface area contributed by atoms with E-state index in [1.807, 2.05) is 0 Å². The number of anilines is 1. The molecule has 0 saturated carbocycles. The molecule has 1 aromatic carbocycles. The maximum absolute atomic E-state index is 12.3. The summed E-state index contributed by atoms with van der Waals surface area (Å²) in [6.45, 7) is 1.33. The highest BCUT2D eigenvalue weighted by Gasteiger charge is 2.21. The lowest BCUT2D eigenvalue weighted by molar-refractivity contribution is -0.119. The number of H-pyrrole nitrogens is 1. The molecule has 1 aliphatic heterocycles. The minimum absolute atomic E-state index is 0. The van der Waals surface area contributed by atoms with E-state index in [0.717, 1.165) is 24.2 Å². The number of amides is 2. The number of carbonyl (C=O) groups is 2. The van der Waals surface area contributed by atoms with E-state index in [9.17, 15) is 9.59 Å². The summed E-state index contributed by atoms with van der Waals surface area (Å²) < 4.78 is 5.16. The molecule has 0 radical (unpaired) electrons. The summed E-state index contributed by atoms with van der Waals surface area (Å²) in [6.07, 6.45) is 0.835. The molecule has 24 heavy (non-hydrogen) atoms. The number of fused-ring (bicyclic) bond motifs is 1. The Balaban J connectivity index is 0.00000208. The highest BCUT2D eigenvalue weighted by Crippen LogP contribution is 2.19. The van der Waals surface area contributed by atoms with Gasteiger partial charge in [0.2, 0.25) is 0 Å². The molecule has 0 fully saturated rings. The lowest BCUT2D eigenvalue weighted by Crippen LogP contribution is -2.25. The molecule has 0 spiro atoms. The van der Waals surface area contributed by atoms with Gasteiger partial charge < -0.3 is 21.1 Å². The summed E-state index contributed by atoms with van der Waals surface area (Å²) in [4.78, 5) is 23.0. The number of halogens is 1. The highest BCUT2D eigenvalue weighted by atomic mass is 35.5. The van der Waals surface area contributed by atoms with Gasteiger partial charge in [-0.1, -0.05) is 0 Å². The molecule has 9 heteroatoms. The normalized spacial score (nSPS) is 12.7. The van der Waals surface area contributed by atoms with E-state index in [1.54, 1.807) is 24.3 Å². The summed E-state index contributed by atoms with van der Waals surface area (Å²) in [5.74, 6) is -0.306. The predicted octanol–water partition coefficient (Wildman–Crippen LogP) is 0.594. The summed E-state index contributed by atoms with van der Waals surface area (Å²) in [5, 5.41) is 13.0. The van der Waals surface area contributed by atoms with Crippen molar-refractivity contribution in [2.24, 2.45) is 5.73 Å². The quantitative estimate of drug-likeness (QED) is 0.628. The van der Waals surface area contributed by atoms with Crippen LogP contribution >= 0.6 is 12.4 Å². The van der Waals surface area contributed by atoms with Crippen LogP contribution in [0.2, 0.25) is 0 Å². The van der Waals surface area contributed by atoms with Crippen LogP contribution < -0.4 is 21.1 Å². The Kier molecular flexibility index (Phi) is 5.78. The largest absolute Gasteiger partial charge is 0.484 e. The summed E-state index contributed by atoms with van der Waals surface area (Å²) in [6, 6.07) is 6.68. The number of carbonyl (C=O) groups excluding carboxylic acids is 2. The number of hydrogen-bond acceptors (Lipinski definition) is 5. The van der Waals surface area contributed by atoms with Gasteiger partial charge in [0.1, 0.15) is 5.75 Å². The van der Waals surface area contributed by atoms with Crippen molar-refractivity contribution in [1.29, 1.82) is 0 Å². The van der Waals surface area contributed by atoms with Gasteiger partial charge in [-0.2, -0.15) is 5.10 Å². The maximum atomic E-state index is 12.3. The number of primary amides is 1. The number of nitrogens with one attached hydrogen (secondary N) is 3. The second-order valence-electron chi connectivity index (χ2n) is 5.19. The minimum atomic E-state index is -0.542. The summed E-state index contributed by atoms with van der Waals surface area (Å²) in [5.41, 5.74) is 7.94. The van der Waals surface area contributed by atoms with Crippen molar-refractivity contribution in [3.8, 4) is 5.75 Å². The zero-order valence-electron chi connectivity index (χ0n) is 12.8. The molecular weight excluding hydrogens is 334 g/mol. The van der Waals surface area contributed by atoms with Crippen LogP contribution in [0.4, 0.5) is 5.69 Å². The maximum Gasteiger partial charge on any atom is 0.276 e. The third-order valence-electron chi connectivity index (χ3n) is 3.51. The Bertz CT molecular complexity index is 729. The van der Waals surface area contributed by atoms with E-state index in [4.69, 9.17) is 10.5 Å². The first-order valence-electron chi connectivity index (χ1n) is 7.23. The third kappa shape index (κ3) is 4.03. The molecule has 128 valence electrons. The van der Waals surface area contributed by atoms with E-state index in [2.05, 4.69) is 20.8 Å². The molecule has 1 aliphatic rings. The van der Waals surface area contributed by atoms with Crippen LogP contribution in [0.15, 0.2) is 24.3 Å². The SMILES string of the molecule is Cl.NC(=O)COc1ccc(NC(=O)c2n[nH]c3c2CNCC3)cc1. The van der Waals surface area contributed by atoms with Gasteiger partial charge in [0.25, 0.3) is 11.8 Å². The van der Waals surface area contributed by atoms with E-state index in [0.29, 0.717) is 23.7 Å². The van der Waals surface area contributed by atoms with E-state index in [-0.39, 0.29) is 24.9 Å². The highest BCUT2D eigenvalue weighted by molar-refractivity contribution is 6.04. The molecule has 0 unspecified atom stereocenters. The van der Waals surface area contributed by atoms with Crippen LogP contribution in [0.5, 0.6) is 5.75 Å². The van der Waals surface area contributed by atoms with Gasteiger partial charge >= 0.3 is 0 Å². The van der Waals surface area contributed by atoms with Gasteiger partial charge in [-0.05, 0) is 24.3 Å². The first-order chi connectivity index (χ1) is 11.1. The topological polar surface area (TPSA) is 122 Å². The molecule has 8 nitrogen and oxygen atoms in total. The lowest BCUT2D eigenvalue weighted by atomic mass is 10.1. The third-order valence-corrected chi connectivity index (χ3v) is 3.51. The second kappa shape index (κ2) is 7.80. The molecule has 0 atom stereocenters. The zero-order chi connectivity index (χ0) is 16.2. The van der Waals surface area contributed by atoms with Crippen molar-refractivity contribution in [3.63, 3.8) is 0 Å². The van der Waals surface area contributed by atoms with Crippen LogP contribution in [0, 0.1) is 0 Å². The molecule has 0 aliphatic carbocycles. The van der Waals surface area contributed by atoms with Crippen LogP contribution in [0.1, 0.15) is 21.7 Å². The molecule has 2 aromatic rings. The van der Waals surface area contributed by atoms with Gasteiger partial charge in [-0.3, -0.25) is 14.7 Å². The fourth-order valence-corrected chi connectivity index (χ4v) is 2.39. The number of nitrogens with two attached hydrogens (primary N) is 1. The summed E-state index contributed by atoms with van der Waals surface area (Å²) in [7, 11) is 0. The van der Waals surface area contributed by atoms with Crippen molar-refractivity contribution in [2.45, 2.75) is 13.0 Å². The van der Waals surface area contributed by atoms with Crippen molar-refractivity contribution in [3.05, 3.63) is 41.2 Å². The minimum Gasteiger partial charge on any atom is -0.484 e. The standard InChI is InChI=1S/C15H17N5O3.ClH/c16-13(21)8-23-10-3-1-9(2-4-10)18-15(22)14-11-7-17-6-5-12(11)19-20-14;/h1-4,17H,5-8H2,(H2,16,21)(H,18,22)(H,19,20);1H. The fraction of sp³-hybridized carbons (Fsp3) is 0.267. The van der Waals surface area contributed by atoms with Crippen LogP contribution in [0.25, 0.3) is 0 Å². The number of aromatic amines is 1. The second-order valence-corrected chi connectivity index (χ2v) is 5.19. The molecule has 1 aromatic heterocycles. The predicted molar refractivity (Wildman–Crippen MR) is 90.3 cm³/mol. The molecule has 2 heterocycles. The van der Waals surface area contributed by atoms with Crippen LogP contribution in [-0.4, -0.2) is 35.2 Å². The average molecular weight is 352 g/mol. The number of ether oxygens (including phenoxy) is 1. The monoisotopic (exact) mass is 351 g/mol. The molecule has 2 amide bonds. The molecular formula is C15H18ClN5O3. The Morgan fingerprint density at radius 1 is 1.29 bits per heavy atom. The molecule has 0 saturated heterocycles. The Morgan fingerprint density at radius 3 is 2.75 bits per heavy atom. The zero-order valence-corrected chi connectivity index (χ0v) is 13.6. The number of benzene rings is 1. The van der Waals surface area contributed by atoms with Crippen molar-refractivity contribution in [2.75, 3.05) is 18.5 Å². The Hall–Kier alpha value is -2.58. The van der Waals surface area contributed by atoms with Gasteiger partial charge in [-0.25, -0.2) is 0 Å². The number of aromatic nitrogens is 2. The Labute approximate surface area is 144 Å². The molecule has 3 rings (SSSR count). The van der Waals surface area contributed by atoms with Gasteiger partial charge in [0.15, 0.2) is 12.3 Å². The number of rotatable bonds is 5. The van der Waals surface area contributed by atoms with Gasteiger partial charge in [0.05, 0.1) is 0 Å². The molecule has 0 bridgehead atoms. The van der Waals surface area contributed by atoms with Crippen molar-refractivity contribution >= 4 is 29.9 Å². The van der Waals surface area contributed by atoms with Crippen LogP contribution in [-0.2, 0) is 17.8 Å². The van der Waals surface area contributed by atoms with Crippen molar-refractivity contribution in [1.82, 2.24) is 15.5 Å². The summed E-state index contributed by atoms with van der Waals surface area (Å²) >= 11 is 0. The van der Waals surface area contributed by atoms with E-state index in [1.165, 1.54) is 0 Å². The Morgan fingerprint density at radius 2 is 2.04 bits per heavy atom. The van der Waals surface area contributed by atoms with Crippen LogP contribution in [0.3, 0.4) is 0 Å². The van der Waals surface area contributed by atoms with Gasteiger partial charge in [0, 0.05) is 36.5 Å². The smallest absolute Gasteiger partial charge is 0.276 e. The van der Waals surface area contributed by atoms with Gasteiger partial charge in [-0.15, -0.1) is 12.4 Å². The number of nitrogens with zero attached hydrogens (tertiary/aromatic N) is 1. The first kappa shape index (κ1) is 17.8. The first-order valence-corrected chi connectivity index (χ1v) is 7.23. The molecule has 5 N–H and O–H groups in total. The lowest BCUT2D eigenvalue weighted by Gasteiger charge is -2.13. The fourth-order valence-electron chi connectivity index (χ4n) is 2.39. The van der Waals surface area contributed by atoms with E-state index >= 15 is 0 Å².